The Hall–Kier alpha value is -7.98. The van der Waals surface area contributed by atoms with Crippen molar-refractivity contribution in [3.63, 3.8) is 0 Å². The van der Waals surface area contributed by atoms with Gasteiger partial charge in [-0.2, -0.15) is 0 Å². The molecule has 294 valence electrons. The summed E-state index contributed by atoms with van der Waals surface area (Å²) in [6.45, 7) is 0. The topological polar surface area (TPSA) is 8.17 Å². The molecular formula is C60H38N2S. The molecule has 2 aromatic heterocycles. The maximum Gasteiger partial charge on any atom is 0.0541 e. The molecule has 0 spiro atoms. The number of benzene rings is 11. The lowest BCUT2D eigenvalue weighted by Crippen LogP contribution is -2.11. The molecule has 3 heteroatoms. The minimum Gasteiger partial charge on any atom is -0.310 e. The molecular weight excluding hydrogens is 781 g/mol. The summed E-state index contributed by atoms with van der Waals surface area (Å²) >= 11 is 1.89. The minimum atomic E-state index is 1.10. The average molecular weight is 819 g/mol. The van der Waals surface area contributed by atoms with Crippen LogP contribution in [0.1, 0.15) is 0 Å². The second-order valence-corrected chi connectivity index (χ2v) is 17.5. The van der Waals surface area contributed by atoms with Gasteiger partial charge in [-0.25, -0.2) is 0 Å². The summed E-state index contributed by atoms with van der Waals surface area (Å²) in [7, 11) is 0. The molecule has 2 heterocycles. The molecule has 0 amide bonds. The van der Waals surface area contributed by atoms with E-state index in [1.807, 2.05) is 11.3 Å². The van der Waals surface area contributed by atoms with E-state index in [2.05, 4.69) is 240 Å². The fourth-order valence-corrected chi connectivity index (χ4v) is 11.3. The van der Waals surface area contributed by atoms with E-state index in [1.165, 1.54) is 96.5 Å². The third-order valence-corrected chi connectivity index (χ3v) is 14.2. The van der Waals surface area contributed by atoms with Crippen LogP contribution in [0.2, 0.25) is 0 Å². The van der Waals surface area contributed by atoms with Gasteiger partial charge in [-0.15, -0.1) is 11.3 Å². The monoisotopic (exact) mass is 818 g/mol. The van der Waals surface area contributed by atoms with Crippen molar-refractivity contribution in [3.8, 4) is 27.9 Å². The molecule has 0 atom stereocenters. The second kappa shape index (κ2) is 14.3. The van der Waals surface area contributed by atoms with Crippen molar-refractivity contribution in [2.45, 2.75) is 0 Å². The molecule has 0 aliphatic heterocycles. The van der Waals surface area contributed by atoms with Crippen LogP contribution in [0.5, 0.6) is 0 Å². The zero-order valence-corrected chi connectivity index (χ0v) is 35.1. The van der Waals surface area contributed by atoms with E-state index in [0.717, 1.165) is 22.7 Å². The van der Waals surface area contributed by atoms with Gasteiger partial charge < -0.3 is 9.47 Å². The Morgan fingerprint density at radius 3 is 1.75 bits per heavy atom. The molecule has 0 saturated heterocycles. The zero-order valence-electron chi connectivity index (χ0n) is 34.2. The van der Waals surface area contributed by atoms with Crippen LogP contribution in [0.25, 0.3) is 102 Å². The lowest BCUT2D eigenvalue weighted by molar-refractivity contribution is 1.18. The predicted molar refractivity (Wildman–Crippen MR) is 272 cm³/mol. The van der Waals surface area contributed by atoms with E-state index < -0.39 is 0 Å². The Morgan fingerprint density at radius 2 is 0.952 bits per heavy atom. The van der Waals surface area contributed by atoms with Gasteiger partial charge in [0.2, 0.25) is 0 Å². The van der Waals surface area contributed by atoms with E-state index >= 15 is 0 Å². The summed E-state index contributed by atoms with van der Waals surface area (Å²) < 4.78 is 5.00. The molecule has 2 nitrogen and oxygen atoms in total. The van der Waals surface area contributed by atoms with Crippen LogP contribution in [-0.4, -0.2) is 4.57 Å². The molecule has 0 aliphatic rings. The van der Waals surface area contributed by atoms with Gasteiger partial charge in [0.25, 0.3) is 0 Å². The molecule has 0 aliphatic carbocycles. The molecule has 13 aromatic rings. The highest BCUT2D eigenvalue weighted by atomic mass is 32.1. The summed E-state index contributed by atoms with van der Waals surface area (Å²) in [5.41, 5.74) is 11.7. The van der Waals surface area contributed by atoms with E-state index in [4.69, 9.17) is 0 Å². The average Bonchev–Trinajstić information content (AvgIpc) is 3.90. The van der Waals surface area contributed by atoms with Crippen molar-refractivity contribution in [2.75, 3.05) is 4.90 Å². The molecule has 0 unspecified atom stereocenters. The Kier molecular flexibility index (Phi) is 8.12. The van der Waals surface area contributed by atoms with Gasteiger partial charge in [0, 0.05) is 53.6 Å². The number of nitrogens with zero attached hydrogens (tertiary/aromatic N) is 2. The lowest BCUT2D eigenvalue weighted by atomic mass is 9.92. The third kappa shape index (κ3) is 5.71. The summed E-state index contributed by atoms with van der Waals surface area (Å²) in [4.78, 5) is 2.46. The first kappa shape index (κ1) is 35.7. The van der Waals surface area contributed by atoms with Crippen LogP contribution in [-0.2, 0) is 0 Å². The fraction of sp³-hybridized carbons (Fsp3) is 0. The number of para-hydroxylation sites is 3. The van der Waals surface area contributed by atoms with Gasteiger partial charge in [0.05, 0.1) is 16.7 Å². The molecule has 0 bridgehead atoms. The Bertz CT molecular complexity index is 3870. The highest BCUT2D eigenvalue weighted by Crippen LogP contribution is 2.47. The SMILES string of the molecule is c1cc(-c2ccc(N(c3ccc4c(c3)sc3c5ccccc5ccc43)c3ccccc3-c3cc4ccccc4c4ccccc34)cc2)cc(-n2c3ccccc3c3ccccc32)c1. The van der Waals surface area contributed by atoms with E-state index in [0.29, 0.717) is 0 Å². The third-order valence-electron chi connectivity index (χ3n) is 13.0. The van der Waals surface area contributed by atoms with Crippen LogP contribution in [0.15, 0.2) is 231 Å². The van der Waals surface area contributed by atoms with Crippen molar-refractivity contribution in [2.24, 2.45) is 0 Å². The Labute approximate surface area is 368 Å². The van der Waals surface area contributed by atoms with Crippen molar-refractivity contribution in [1.29, 1.82) is 0 Å². The minimum absolute atomic E-state index is 1.10. The van der Waals surface area contributed by atoms with Crippen LogP contribution in [0, 0.1) is 0 Å². The highest BCUT2D eigenvalue weighted by Gasteiger charge is 2.21. The summed E-state index contributed by atoms with van der Waals surface area (Å²) in [6.07, 6.45) is 0. The molecule has 63 heavy (non-hydrogen) atoms. The number of rotatable bonds is 6. The van der Waals surface area contributed by atoms with Crippen LogP contribution >= 0.6 is 11.3 Å². The van der Waals surface area contributed by atoms with Gasteiger partial charge in [-0.05, 0) is 110 Å². The molecule has 0 radical (unpaired) electrons. The zero-order chi connectivity index (χ0) is 41.4. The normalized spacial score (nSPS) is 11.8. The smallest absolute Gasteiger partial charge is 0.0541 e. The van der Waals surface area contributed by atoms with E-state index in [9.17, 15) is 0 Å². The van der Waals surface area contributed by atoms with Crippen molar-refractivity contribution < 1.29 is 0 Å². The highest BCUT2D eigenvalue weighted by molar-refractivity contribution is 7.26. The van der Waals surface area contributed by atoms with Gasteiger partial charge >= 0.3 is 0 Å². The molecule has 0 fully saturated rings. The summed E-state index contributed by atoms with van der Waals surface area (Å²) in [5, 5.41) is 12.7. The maximum atomic E-state index is 2.46. The van der Waals surface area contributed by atoms with Crippen molar-refractivity contribution >= 4 is 103 Å². The number of aromatic nitrogens is 1. The first-order chi connectivity index (χ1) is 31.2. The Morgan fingerprint density at radius 1 is 0.333 bits per heavy atom. The first-order valence-corrected chi connectivity index (χ1v) is 22.4. The van der Waals surface area contributed by atoms with Crippen molar-refractivity contribution in [1.82, 2.24) is 4.57 Å². The number of fused-ring (bicyclic) bond motifs is 11. The standard InChI is InChI=1S/C60H38N2S/c1-4-19-47-40(14-1)30-34-54-53-35-33-45(38-59(53)63-60(47)54)61(56-25-10-9-24-52(56)55-37-42-15-2-3-18-46(42)48-20-5-6-21-49(48)55)43-31-28-39(29-32-43)41-16-13-17-44(36-41)62-57-26-11-7-22-50(57)51-23-8-12-27-58(51)62/h1-38H. The van der Waals surface area contributed by atoms with Crippen LogP contribution in [0.3, 0.4) is 0 Å². The van der Waals surface area contributed by atoms with Gasteiger partial charge in [0.15, 0.2) is 0 Å². The Balaban J connectivity index is 0.986. The number of hydrogen-bond donors (Lipinski definition) is 0. The molecule has 0 N–H and O–H groups in total. The molecule has 0 saturated carbocycles. The van der Waals surface area contributed by atoms with Gasteiger partial charge in [-0.1, -0.05) is 170 Å². The predicted octanol–water partition coefficient (Wildman–Crippen LogP) is 17.4. The second-order valence-electron chi connectivity index (χ2n) is 16.5. The van der Waals surface area contributed by atoms with Gasteiger partial charge in [0.1, 0.15) is 0 Å². The van der Waals surface area contributed by atoms with E-state index in [1.54, 1.807) is 0 Å². The largest absolute Gasteiger partial charge is 0.310 e. The van der Waals surface area contributed by atoms with Crippen LogP contribution in [0.4, 0.5) is 17.1 Å². The maximum absolute atomic E-state index is 2.46. The van der Waals surface area contributed by atoms with E-state index in [-0.39, 0.29) is 0 Å². The fourth-order valence-electron chi connectivity index (χ4n) is 10.1. The van der Waals surface area contributed by atoms with Crippen LogP contribution < -0.4 is 4.90 Å². The number of anilines is 3. The molecule has 13 rings (SSSR count). The summed E-state index contributed by atoms with van der Waals surface area (Å²) in [5.74, 6) is 0. The van der Waals surface area contributed by atoms with Crippen molar-refractivity contribution in [3.05, 3.63) is 231 Å². The molecule has 11 aromatic carbocycles. The number of thiophene rings is 1. The first-order valence-electron chi connectivity index (χ1n) is 21.6. The van der Waals surface area contributed by atoms with Gasteiger partial charge in [-0.3, -0.25) is 0 Å². The quantitative estimate of drug-likeness (QED) is 0.152. The lowest BCUT2D eigenvalue weighted by Gasteiger charge is -2.28. The summed E-state index contributed by atoms with van der Waals surface area (Å²) in [6, 6.07) is 84.8. The number of hydrogen-bond acceptors (Lipinski definition) is 2.